The Morgan fingerprint density at radius 3 is 2.39 bits per heavy atom. The molecule has 94 valence electrons. The van der Waals surface area contributed by atoms with Gasteiger partial charge in [-0.3, -0.25) is 9.78 Å². The van der Waals surface area contributed by atoms with Crippen molar-refractivity contribution in [2.24, 2.45) is 0 Å². The number of rotatable bonds is 2. The zero-order valence-corrected chi connectivity index (χ0v) is 9.20. The Morgan fingerprint density at radius 1 is 1.28 bits per heavy atom. The summed E-state index contributed by atoms with van der Waals surface area (Å²) in [6, 6.07) is 0.835. The Bertz CT molecular complexity index is 571. The fourth-order valence-electron chi connectivity index (χ4n) is 0.916. The molecule has 0 aliphatic heterocycles. The maximum Gasteiger partial charge on any atom is 0.362 e. The van der Waals surface area contributed by atoms with E-state index in [0.717, 1.165) is 6.07 Å². The van der Waals surface area contributed by atoms with Gasteiger partial charge in [-0.15, -0.1) is 0 Å². The Labute approximate surface area is 117 Å². The first-order valence-electron chi connectivity index (χ1n) is 4.67. The quantitative estimate of drug-likeness (QED) is 0.302. The minimum atomic E-state index is -1.08. The summed E-state index contributed by atoms with van der Waals surface area (Å²) in [6.07, 6.45) is 1.47. The molecule has 0 saturated carbocycles. The van der Waals surface area contributed by atoms with Crippen molar-refractivity contribution in [3.05, 3.63) is 44.2 Å². The molecular formula is C10H12MgN2O5. The van der Waals surface area contributed by atoms with Crippen molar-refractivity contribution in [1.82, 2.24) is 9.97 Å². The van der Waals surface area contributed by atoms with Crippen molar-refractivity contribution in [2.75, 3.05) is 0 Å². The summed E-state index contributed by atoms with van der Waals surface area (Å²) >= 11 is 0. The monoisotopic (exact) mass is 264 g/mol. The van der Waals surface area contributed by atoms with Gasteiger partial charge in [-0.25, -0.2) is 14.4 Å². The third kappa shape index (κ3) is 4.30. The highest BCUT2D eigenvalue weighted by Crippen LogP contribution is 1.99. The number of carbonyl (C=O) groups is 2. The van der Waals surface area contributed by atoms with Crippen LogP contribution >= 0.6 is 0 Å². The van der Waals surface area contributed by atoms with Crippen LogP contribution in [0.2, 0.25) is 0 Å². The maximum atomic E-state index is 11.4. The van der Waals surface area contributed by atoms with Gasteiger partial charge in [0.2, 0.25) is 0 Å². The van der Waals surface area contributed by atoms with Crippen molar-refractivity contribution < 1.29 is 14.3 Å². The van der Waals surface area contributed by atoms with Gasteiger partial charge in [0.15, 0.2) is 0 Å². The summed E-state index contributed by atoms with van der Waals surface area (Å²) in [7, 11) is 0. The van der Waals surface area contributed by atoms with Crippen molar-refractivity contribution in [3.8, 4) is 0 Å². The molecule has 0 aliphatic carbocycles. The molecule has 0 unspecified atom stereocenters. The van der Waals surface area contributed by atoms with Crippen LogP contribution in [0.25, 0.3) is 0 Å². The number of carbonyl (C=O) groups excluding carboxylic acids is 2. The van der Waals surface area contributed by atoms with Crippen LogP contribution < -0.4 is 11.2 Å². The fourth-order valence-corrected chi connectivity index (χ4v) is 0.916. The molecule has 18 heavy (non-hydrogen) atoms. The van der Waals surface area contributed by atoms with E-state index >= 15 is 0 Å². The van der Waals surface area contributed by atoms with Gasteiger partial charge in [-0.2, -0.15) is 0 Å². The lowest BCUT2D eigenvalue weighted by atomic mass is 10.3. The Morgan fingerprint density at radius 2 is 1.89 bits per heavy atom. The highest BCUT2D eigenvalue weighted by molar-refractivity contribution is 6.00. The maximum absolute atomic E-state index is 11.4. The molecule has 1 aromatic rings. The Kier molecular flexibility index (Phi) is 6.27. The molecule has 0 amide bonds. The minimum absolute atomic E-state index is 0. The van der Waals surface area contributed by atoms with Crippen molar-refractivity contribution in [2.45, 2.75) is 13.8 Å². The Hall–Kier alpha value is -1.67. The summed E-state index contributed by atoms with van der Waals surface area (Å²) in [5, 5.41) is 0. The lowest BCUT2D eigenvalue weighted by molar-refractivity contribution is -0.133. The van der Waals surface area contributed by atoms with E-state index in [4.69, 9.17) is 0 Å². The van der Waals surface area contributed by atoms with Crippen LogP contribution in [0.4, 0.5) is 0 Å². The number of aromatic nitrogens is 2. The number of ether oxygens (including phenoxy) is 1. The van der Waals surface area contributed by atoms with Gasteiger partial charge < -0.3 is 9.72 Å². The first-order valence-corrected chi connectivity index (χ1v) is 4.67. The first-order chi connectivity index (χ1) is 7.93. The molecule has 0 saturated heterocycles. The number of H-pyrrole nitrogens is 2. The summed E-state index contributed by atoms with van der Waals surface area (Å²) in [6.45, 7) is 3.08. The molecule has 0 aliphatic rings. The molecule has 0 atom stereocenters. The van der Waals surface area contributed by atoms with E-state index in [1.807, 2.05) is 4.98 Å². The number of hydrogen-bond donors (Lipinski definition) is 2. The van der Waals surface area contributed by atoms with Crippen molar-refractivity contribution in [1.29, 1.82) is 0 Å². The van der Waals surface area contributed by atoms with E-state index in [9.17, 15) is 19.2 Å². The summed E-state index contributed by atoms with van der Waals surface area (Å²) in [4.78, 5) is 48.3. The topological polar surface area (TPSA) is 109 Å². The molecule has 0 bridgehead atoms. The number of hydrogen-bond acceptors (Lipinski definition) is 5. The SMILES string of the molecule is CC=C(C)C(=O)OC(=O)c1cc(=O)[nH]c(=O)[nH]1.[MgH2]. The number of allylic oxidation sites excluding steroid dienone is 1. The third-order valence-electron chi connectivity index (χ3n) is 1.92. The van der Waals surface area contributed by atoms with Crippen LogP contribution in [0.3, 0.4) is 0 Å². The van der Waals surface area contributed by atoms with Crippen LogP contribution in [0.15, 0.2) is 27.3 Å². The molecule has 1 heterocycles. The zero-order valence-electron chi connectivity index (χ0n) is 9.20. The normalized spacial score (nSPS) is 10.4. The fraction of sp³-hybridized carbons (Fsp3) is 0.200. The predicted octanol–water partition coefficient (Wildman–Crippen LogP) is -1.20. The van der Waals surface area contributed by atoms with Crippen LogP contribution in [0.5, 0.6) is 0 Å². The van der Waals surface area contributed by atoms with E-state index in [2.05, 4.69) is 9.72 Å². The standard InChI is InChI=1S/C10H10N2O5.Mg.2H/c1-3-5(2)8(14)17-9(15)6-4-7(13)12-10(16)11-6;;;/h3-4H,1-2H3,(H2,11,12,13,16);;;. The van der Waals surface area contributed by atoms with E-state index in [0.29, 0.717) is 0 Å². The van der Waals surface area contributed by atoms with Gasteiger partial charge in [0.1, 0.15) is 5.69 Å². The number of nitrogens with one attached hydrogen (secondary N) is 2. The molecule has 1 aromatic heterocycles. The van der Waals surface area contributed by atoms with E-state index in [1.165, 1.54) is 13.0 Å². The molecule has 8 heteroatoms. The van der Waals surface area contributed by atoms with Crippen molar-refractivity contribution in [3.63, 3.8) is 0 Å². The third-order valence-corrected chi connectivity index (χ3v) is 1.92. The average molecular weight is 265 g/mol. The minimum Gasteiger partial charge on any atom is -0.385 e. The van der Waals surface area contributed by atoms with Gasteiger partial charge in [0.05, 0.1) is 0 Å². The molecule has 1 rings (SSSR count). The Balaban J connectivity index is 0.00000289. The highest BCUT2D eigenvalue weighted by atomic mass is 24.3. The van der Waals surface area contributed by atoms with Gasteiger partial charge in [0.25, 0.3) is 5.56 Å². The molecule has 7 nitrogen and oxygen atoms in total. The van der Waals surface area contributed by atoms with Crippen LogP contribution in [-0.2, 0) is 9.53 Å². The number of esters is 2. The summed E-state index contributed by atoms with van der Waals surface area (Å²) in [5.41, 5.74) is -1.74. The van der Waals surface area contributed by atoms with E-state index in [1.54, 1.807) is 6.92 Å². The lowest BCUT2D eigenvalue weighted by Gasteiger charge is -2.01. The smallest absolute Gasteiger partial charge is 0.362 e. The van der Waals surface area contributed by atoms with Crippen molar-refractivity contribution >= 4 is 35.0 Å². The predicted molar refractivity (Wildman–Crippen MR) is 66.1 cm³/mol. The highest BCUT2D eigenvalue weighted by Gasteiger charge is 2.15. The number of aromatic amines is 2. The molecular weight excluding hydrogens is 252 g/mol. The van der Waals surface area contributed by atoms with E-state index in [-0.39, 0.29) is 34.3 Å². The van der Waals surface area contributed by atoms with Gasteiger partial charge >= 0.3 is 40.7 Å². The van der Waals surface area contributed by atoms with Gasteiger partial charge in [0, 0.05) is 11.6 Å². The molecule has 0 fully saturated rings. The second kappa shape index (κ2) is 6.92. The zero-order chi connectivity index (χ0) is 13.0. The van der Waals surface area contributed by atoms with Gasteiger partial charge in [-0.1, -0.05) is 6.08 Å². The van der Waals surface area contributed by atoms with Crippen LogP contribution in [-0.4, -0.2) is 45.0 Å². The molecule has 0 radical (unpaired) electrons. The second-order valence-electron chi connectivity index (χ2n) is 3.15. The molecule has 0 spiro atoms. The molecule has 0 aromatic carbocycles. The lowest BCUT2D eigenvalue weighted by Crippen LogP contribution is -2.26. The second-order valence-corrected chi connectivity index (χ2v) is 3.15. The summed E-state index contributed by atoms with van der Waals surface area (Å²) < 4.78 is 4.43. The van der Waals surface area contributed by atoms with Gasteiger partial charge in [-0.05, 0) is 13.8 Å². The average Bonchev–Trinajstić information content (AvgIpc) is 2.26. The van der Waals surface area contributed by atoms with Crippen LogP contribution in [0.1, 0.15) is 24.3 Å². The van der Waals surface area contributed by atoms with Crippen LogP contribution in [0, 0.1) is 0 Å². The molecule has 2 N–H and O–H groups in total. The first kappa shape index (κ1) is 16.3. The largest absolute Gasteiger partial charge is 0.385 e. The van der Waals surface area contributed by atoms with E-state index < -0.39 is 23.2 Å². The summed E-state index contributed by atoms with van der Waals surface area (Å²) in [5.74, 6) is -1.92.